The highest BCUT2D eigenvalue weighted by Gasteiger charge is 2.08. The summed E-state index contributed by atoms with van der Waals surface area (Å²) in [6.45, 7) is 3.63. The Morgan fingerprint density at radius 2 is 2.33 bits per heavy atom. The fraction of sp³-hybridized carbons (Fsp3) is 0.182. The summed E-state index contributed by atoms with van der Waals surface area (Å²) in [6.07, 6.45) is 1.50. The quantitative estimate of drug-likeness (QED) is 0.463. The molecule has 0 amide bonds. The SMILES string of the molecule is C=CCOC(=O)c1ccc(OC)c(N)c1. The molecule has 0 aliphatic carbocycles. The summed E-state index contributed by atoms with van der Waals surface area (Å²) in [5, 5.41) is 0. The molecular weight excluding hydrogens is 194 g/mol. The molecule has 0 spiro atoms. The number of methoxy groups -OCH3 is 1. The molecule has 0 saturated carbocycles. The van der Waals surface area contributed by atoms with Crippen molar-refractivity contribution in [3.8, 4) is 5.75 Å². The van der Waals surface area contributed by atoms with E-state index in [9.17, 15) is 4.79 Å². The van der Waals surface area contributed by atoms with Crippen LogP contribution in [-0.2, 0) is 4.74 Å². The minimum atomic E-state index is -0.427. The maximum atomic E-state index is 11.4. The molecule has 2 N–H and O–H groups in total. The van der Waals surface area contributed by atoms with Crippen molar-refractivity contribution >= 4 is 11.7 Å². The van der Waals surface area contributed by atoms with Crippen molar-refractivity contribution < 1.29 is 14.3 Å². The number of nitrogens with two attached hydrogens (primary N) is 1. The van der Waals surface area contributed by atoms with E-state index in [0.717, 1.165) is 0 Å². The number of nitrogen functional groups attached to an aromatic ring is 1. The third-order valence-electron chi connectivity index (χ3n) is 1.80. The minimum absolute atomic E-state index is 0.185. The molecule has 0 aromatic heterocycles. The second kappa shape index (κ2) is 5.05. The van der Waals surface area contributed by atoms with Crippen molar-refractivity contribution in [1.29, 1.82) is 0 Å². The number of anilines is 1. The molecule has 1 aromatic carbocycles. The lowest BCUT2D eigenvalue weighted by Gasteiger charge is -2.06. The van der Waals surface area contributed by atoms with E-state index in [-0.39, 0.29) is 6.61 Å². The Hall–Kier alpha value is -1.97. The monoisotopic (exact) mass is 207 g/mol. The van der Waals surface area contributed by atoms with Gasteiger partial charge in [0.05, 0.1) is 18.4 Å². The minimum Gasteiger partial charge on any atom is -0.495 e. The molecule has 0 atom stereocenters. The normalized spacial score (nSPS) is 9.40. The molecule has 0 bridgehead atoms. The average molecular weight is 207 g/mol. The molecular formula is C11H13NO3. The third-order valence-corrected chi connectivity index (χ3v) is 1.80. The zero-order valence-electron chi connectivity index (χ0n) is 8.53. The summed E-state index contributed by atoms with van der Waals surface area (Å²) < 4.78 is 9.82. The van der Waals surface area contributed by atoms with Crippen LogP contribution >= 0.6 is 0 Å². The second-order valence-corrected chi connectivity index (χ2v) is 2.84. The van der Waals surface area contributed by atoms with Crippen LogP contribution in [-0.4, -0.2) is 19.7 Å². The Balaban J connectivity index is 2.82. The fourth-order valence-corrected chi connectivity index (χ4v) is 1.08. The Kier molecular flexibility index (Phi) is 3.74. The van der Waals surface area contributed by atoms with Crippen molar-refractivity contribution in [2.45, 2.75) is 0 Å². The van der Waals surface area contributed by atoms with Gasteiger partial charge in [-0.1, -0.05) is 12.7 Å². The van der Waals surface area contributed by atoms with Crippen LogP contribution in [0.4, 0.5) is 5.69 Å². The van der Waals surface area contributed by atoms with Gasteiger partial charge in [0.15, 0.2) is 0 Å². The fourth-order valence-electron chi connectivity index (χ4n) is 1.08. The van der Waals surface area contributed by atoms with Crippen LogP contribution in [0.5, 0.6) is 5.75 Å². The van der Waals surface area contributed by atoms with Gasteiger partial charge < -0.3 is 15.2 Å². The van der Waals surface area contributed by atoms with Crippen molar-refractivity contribution in [3.63, 3.8) is 0 Å². The number of benzene rings is 1. The summed E-state index contributed by atoms with van der Waals surface area (Å²) in [7, 11) is 1.52. The van der Waals surface area contributed by atoms with Crippen LogP contribution < -0.4 is 10.5 Å². The predicted molar refractivity (Wildman–Crippen MR) is 57.9 cm³/mol. The summed E-state index contributed by atoms with van der Waals surface area (Å²) in [4.78, 5) is 11.4. The maximum Gasteiger partial charge on any atom is 0.338 e. The number of hydrogen-bond acceptors (Lipinski definition) is 4. The van der Waals surface area contributed by atoms with E-state index < -0.39 is 5.97 Å². The topological polar surface area (TPSA) is 61.5 Å². The highest BCUT2D eigenvalue weighted by molar-refractivity contribution is 5.91. The summed E-state index contributed by atoms with van der Waals surface area (Å²) in [5.74, 6) is 0.111. The lowest BCUT2D eigenvalue weighted by Crippen LogP contribution is -2.06. The second-order valence-electron chi connectivity index (χ2n) is 2.84. The molecule has 15 heavy (non-hydrogen) atoms. The maximum absolute atomic E-state index is 11.4. The van der Waals surface area contributed by atoms with Crippen LogP contribution in [0.15, 0.2) is 30.9 Å². The van der Waals surface area contributed by atoms with Crippen molar-refractivity contribution in [2.24, 2.45) is 0 Å². The Bertz CT molecular complexity index is 374. The molecule has 0 saturated heterocycles. The Morgan fingerprint density at radius 1 is 1.60 bits per heavy atom. The zero-order chi connectivity index (χ0) is 11.3. The molecule has 4 heteroatoms. The Labute approximate surface area is 88.3 Å². The number of esters is 1. The molecule has 0 aliphatic heterocycles. The summed E-state index contributed by atoms with van der Waals surface area (Å²) >= 11 is 0. The van der Waals surface area contributed by atoms with Crippen LogP contribution in [0.1, 0.15) is 10.4 Å². The van der Waals surface area contributed by atoms with Crippen molar-refractivity contribution in [2.75, 3.05) is 19.5 Å². The molecule has 1 aromatic rings. The molecule has 1 rings (SSSR count). The van der Waals surface area contributed by atoms with Gasteiger partial charge in [0, 0.05) is 0 Å². The molecule has 0 fully saturated rings. The molecule has 0 unspecified atom stereocenters. The van der Waals surface area contributed by atoms with Gasteiger partial charge >= 0.3 is 5.97 Å². The number of carbonyl (C=O) groups excluding carboxylic acids is 1. The van der Waals surface area contributed by atoms with Crippen molar-refractivity contribution in [3.05, 3.63) is 36.4 Å². The smallest absolute Gasteiger partial charge is 0.338 e. The number of ether oxygens (including phenoxy) is 2. The van der Waals surface area contributed by atoms with Gasteiger partial charge in [-0.2, -0.15) is 0 Å². The Morgan fingerprint density at radius 3 is 2.87 bits per heavy atom. The van der Waals surface area contributed by atoms with E-state index in [0.29, 0.717) is 17.0 Å². The lowest BCUT2D eigenvalue weighted by molar-refractivity contribution is 0.0550. The van der Waals surface area contributed by atoms with Gasteiger partial charge in [-0.25, -0.2) is 4.79 Å². The number of rotatable bonds is 4. The first-order chi connectivity index (χ1) is 7.19. The van der Waals surface area contributed by atoms with E-state index >= 15 is 0 Å². The molecule has 4 nitrogen and oxygen atoms in total. The largest absolute Gasteiger partial charge is 0.495 e. The highest BCUT2D eigenvalue weighted by Crippen LogP contribution is 2.22. The first-order valence-electron chi connectivity index (χ1n) is 4.40. The van der Waals surface area contributed by atoms with Crippen LogP contribution in [0.25, 0.3) is 0 Å². The van der Waals surface area contributed by atoms with E-state index in [4.69, 9.17) is 15.2 Å². The van der Waals surface area contributed by atoms with Crippen LogP contribution in [0.2, 0.25) is 0 Å². The number of carbonyl (C=O) groups is 1. The van der Waals surface area contributed by atoms with Gasteiger partial charge in [-0.3, -0.25) is 0 Å². The first-order valence-corrected chi connectivity index (χ1v) is 4.40. The highest BCUT2D eigenvalue weighted by atomic mass is 16.5. The standard InChI is InChI=1S/C11H13NO3/c1-3-6-15-11(13)8-4-5-10(14-2)9(12)7-8/h3-5,7H,1,6,12H2,2H3. The van der Waals surface area contributed by atoms with Crippen LogP contribution in [0.3, 0.4) is 0 Å². The molecule has 0 aliphatic rings. The summed E-state index contributed by atoms with van der Waals surface area (Å²) in [6, 6.07) is 4.74. The van der Waals surface area contributed by atoms with Gasteiger partial charge in [0.25, 0.3) is 0 Å². The van der Waals surface area contributed by atoms with E-state index in [1.165, 1.54) is 19.3 Å². The van der Waals surface area contributed by atoms with Crippen LogP contribution in [0, 0.1) is 0 Å². The molecule has 0 radical (unpaired) electrons. The summed E-state index contributed by atoms with van der Waals surface area (Å²) in [5.41, 5.74) is 6.45. The lowest BCUT2D eigenvalue weighted by atomic mass is 10.2. The molecule has 80 valence electrons. The van der Waals surface area contributed by atoms with E-state index in [1.54, 1.807) is 12.1 Å². The predicted octanol–water partition coefficient (Wildman–Crippen LogP) is 1.62. The molecule has 0 heterocycles. The first kappa shape index (κ1) is 11.1. The van der Waals surface area contributed by atoms with Crippen molar-refractivity contribution in [1.82, 2.24) is 0 Å². The van der Waals surface area contributed by atoms with Gasteiger partial charge in [-0.15, -0.1) is 0 Å². The van der Waals surface area contributed by atoms with Gasteiger partial charge in [-0.05, 0) is 18.2 Å². The van der Waals surface area contributed by atoms with Gasteiger partial charge in [0.2, 0.25) is 0 Å². The van der Waals surface area contributed by atoms with E-state index in [1.807, 2.05) is 0 Å². The zero-order valence-corrected chi connectivity index (χ0v) is 8.53. The van der Waals surface area contributed by atoms with E-state index in [2.05, 4.69) is 6.58 Å². The van der Waals surface area contributed by atoms with Gasteiger partial charge in [0.1, 0.15) is 12.4 Å². The third kappa shape index (κ3) is 2.74. The average Bonchev–Trinajstić information content (AvgIpc) is 2.25. The number of hydrogen-bond donors (Lipinski definition) is 1.